The molecule has 2 N–H and O–H groups in total. The number of halogens is 1. The Balaban J connectivity index is 1.59. The normalized spacial score (nSPS) is 12.7. The van der Waals surface area contributed by atoms with Crippen LogP contribution < -0.4 is 9.47 Å². The van der Waals surface area contributed by atoms with Crippen molar-refractivity contribution >= 4 is 22.8 Å². The van der Waals surface area contributed by atoms with Gasteiger partial charge in [-0.1, -0.05) is 11.6 Å². The van der Waals surface area contributed by atoms with E-state index in [0.29, 0.717) is 63.5 Å². The minimum absolute atomic E-state index is 0.0921. The van der Waals surface area contributed by atoms with Crippen molar-refractivity contribution < 1.29 is 19.7 Å². The molecule has 8 nitrogen and oxygen atoms in total. The summed E-state index contributed by atoms with van der Waals surface area (Å²) in [6.45, 7) is 0.959. The van der Waals surface area contributed by atoms with Gasteiger partial charge in [-0.2, -0.15) is 0 Å². The summed E-state index contributed by atoms with van der Waals surface area (Å²) in [6, 6.07) is 15.6. The SMILES string of the molecule is Oc1cc(O)c(-c2nc3cccnc3n2-c2ccc3c(c2)OCCO3)cc1-c1ccc(Cl)nc1. The molecule has 0 saturated carbocycles. The first-order valence-corrected chi connectivity index (χ1v) is 10.9. The number of imidazole rings is 1. The van der Waals surface area contributed by atoms with Crippen LogP contribution in [0.3, 0.4) is 0 Å². The molecule has 0 radical (unpaired) electrons. The minimum Gasteiger partial charge on any atom is -0.507 e. The van der Waals surface area contributed by atoms with Crippen molar-refractivity contribution in [1.82, 2.24) is 19.5 Å². The number of fused-ring (bicyclic) bond motifs is 2. The van der Waals surface area contributed by atoms with Crippen molar-refractivity contribution in [3.8, 4) is 51.2 Å². The Morgan fingerprint density at radius 1 is 0.853 bits per heavy atom. The highest BCUT2D eigenvalue weighted by Crippen LogP contribution is 2.42. The van der Waals surface area contributed by atoms with E-state index in [0.717, 1.165) is 5.69 Å². The van der Waals surface area contributed by atoms with E-state index in [1.54, 1.807) is 36.7 Å². The lowest BCUT2D eigenvalue weighted by Crippen LogP contribution is -2.15. The molecule has 168 valence electrons. The zero-order valence-electron chi connectivity index (χ0n) is 17.6. The largest absolute Gasteiger partial charge is 0.507 e. The highest BCUT2D eigenvalue weighted by Gasteiger charge is 2.22. The second-order valence-corrected chi connectivity index (χ2v) is 8.09. The summed E-state index contributed by atoms with van der Waals surface area (Å²) >= 11 is 5.92. The van der Waals surface area contributed by atoms with Gasteiger partial charge in [0.05, 0.1) is 11.3 Å². The van der Waals surface area contributed by atoms with Gasteiger partial charge < -0.3 is 19.7 Å². The minimum atomic E-state index is -0.128. The molecule has 4 heterocycles. The number of nitrogens with zero attached hydrogens (tertiary/aromatic N) is 4. The Labute approximate surface area is 198 Å². The van der Waals surface area contributed by atoms with E-state index in [-0.39, 0.29) is 11.5 Å². The van der Waals surface area contributed by atoms with Gasteiger partial charge in [0.15, 0.2) is 23.0 Å². The van der Waals surface area contributed by atoms with Crippen LogP contribution in [-0.2, 0) is 0 Å². The van der Waals surface area contributed by atoms with Crippen molar-refractivity contribution in [1.29, 1.82) is 0 Å². The predicted octanol–water partition coefficient (Wildman–Crippen LogP) is 4.99. The average molecular weight is 473 g/mol. The molecular formula is C25H17ClN4O4. The summed E-state index contributed by atoms with van der Waals surface area (Å²) in [7, 11) is 0. The molecular weight excluding hydrogens is 456 g/mol. The maximum absolute atomic E-state index is 10.8. The summed E-state index contributed by atoms with van der Waals surface area (Å²) in [5.74, 6) is 1.52. The van der Waals surface area contributed by atoms with E-state index < -0.39 is 0 Å². The molecule has 1 aliphatic heterocycles. The van der Waals surface area contributed by atoms with Crippen LogP contribution in [0.15, 0.2) is 67.0 Å². The first kappa shape index (κ1) is 20.3. The van der Waals surface area contributed by atoms with Crippen molar-refractivity contribution in [3.63, 3.8) is 0 Å². The first-order valence-electron chi connectivity index (χ1n) is 10.5. The van der Waals surface area contributed by atoms with Gasteiger partial charge >= 0.3 is 0 Å². The van der Waals surface area contributed by atoms with Gasteiger partial charge in [0.25, 0.3) is 0 Å². The Bertz CT molecular complexity index is 1550. The van der Waals surface area contributed by atoms with E-state index in [1.807, 2.05) is 28.8 Å². The van der Waals surface area contributed by atoms with Crippen LogP contribution in [0, 0.1) is 0 Å². The number of hydrogen-bond acceptors (Lipinski definition) is 7. The van der Waals surface area contributed by atoms with Crippen LogP contribution in [0.1, 0.15) is 0 Å². The van der Waals surface area contributed by atoms with Crippen molar-refractivity contribution in [2.45, 2.75) is 0 Å². The highest BCUT2D eigenvalue weighted by atomic mass is 35.5. The Morgan fingerprint density at radius 3 is 2.50 bits per heavy atom. The Kier molecular flexibility index (Phi) is 4.74. The fourth-order valence-electron chi connectivity index (χ4n) is 4.03. The summed E-state index contributed by atoms with van der Waals surface area (Å²) < 4.78 is 13.3. The third kappa shape index (κ3) is 3.36. The van der Waals surface area contributed by atoms with Gasteiger partial charge in [0, 0.05) is 35.7 Å². The molecule has 34 heavy (non-hydrogen) atoms. The maximum Gasteiger partial charge on any atom is 0.164 e. The molecule has 0 atom stereocenters. The van der Waals surface area contributed by atoms with Crippen LogP contribution in [0.4, 0.5) is 0 Å². The zero-order valence-corrected chi connectivity index (χ0v) is 18.4. The summed E-state index contributed by atoms with van der Waals surface area (Å²) in [6.07, 6.45) is 3.24. The number of phenols is 2. The number of aromatic hydroxyl groups is 2. The molecule has 3 aromatic heterocycles. The second-order valence-electron chi connectivity index (χ2n) is 7.70. The van der Waals surface area contributed by atoms with E-state index in [9.17, 15) is 10.2 Å². The number of rotatable bonds is 3. The number of aromatic nitrogens is 4. The molecule has 0 amide bonds. The fraction of sp³-hybridized carbons (Fsp3) is 0.0800. The maximum atomic E-state index is 10.8. The highest BCUT2D eigenvalue weighted by molar-refractivity contribution is 6.29. The second kappa shape index (κ2) is 7.93. The third-order valence-electron chi connectivity index (χ3n) is 5.59. The number of phenolic OH excluding ortho intramolecular Hbond substituents is 2. The van der Waals surface area contributed by atoms with Crippen LogP contribution in [0.5, 0.6) is 23.0 Å². The van der Waals surface area contributed by atoms with Gasteiger partial charge in [-0.3, -0.25) is 4.57 Å². The van der Waals surface area contributed by atoms with E-state index >= 15 is 0 Å². The summed E-state index contributed by atoms with van der Waals surface area (Å²) in [4.78, 5) is 13.4. The molecule has 0 bridgehead atoms. The van der Waals surface area contributed by atoms with E-state index in [1.165, 1.54) is 6.07 Å². The lowest BCUT2D eigenvalue weighted by molar-refractivity contribution is 0.171. The Morgan fingerprint density at radius 2 is 1.68 bits per heavy atom. The number of ether oxygens (including phenoxy) is 2. The molecule has 0 spiro atoms. The molecule has 1 aliphatic rings. The summed E-state index contributed by atoms with van der Waals surface area (Å²) in [5.41, 5.74) is 3.53. The molecule has 9 heteroatoms. The van der Waals surface area contributed by atoms with Crippen molar-refractivity contribution in [2.75, 3.05) is 13.2 Å². The van der Waals surface area contributed by atoms with E-state index in [4.69, 9.17) is 26.1 Å². The molecule has 6 rings (SSSR count). The van der Waals surface area contributed by atoms with Crippen LogP contribution in [0.2, 0.25) is 5.15 Å². The van der Waals surface area contributed by atoms with Crippen LogP contribution in [-0.4, -0.2) is 42.9 Å². The van der Waals surface area contributed by atoms with Gasteiger partial charge in [-0.05, 0) is 42.5 Å². The standard InChI is InChI=1S/C25H17ClN4O4/c26-23-6-3-14(13-28-23)16-11-17(20(32)12-19(16)31)24-29-18-2-1-7-27-25(18)30(24)15-4-5-21-22(10-15)34-9-8-33-21/h1-7,10-13,31-32H,8-9H2. The Hall–Kier alpha value is -4.30. The topological polar surface area (TPSA) is 103 Å². The molecule has 0 aliphatic carbocycles. The van der Waals surface area contributed by atoms with Crippen molar-refractivity contribution in [2.24, 2.45) is 0 Å². The van der Waals surface area contributed by atoms with Gasteiger partial charge in [0.2, 0.25) is 0 Å². The van der Waals surface area contributed by atoms with Crippen LogP contribution >= 0.6 is 11.6 Å². The average Bonchev–Trinajstić information content (AvgIpc) is 3.24. The lowest BCUT2D eigenvalue weighted by Gasteiger charge is -2.19. The lowest BCUT2D eigenvalue weighted by atomic mass is 10.0. The molecule has 0 fully saturated rings. The number of benzene rings is 2. The van der Waals surface area contributed by atoms with Crippen molar-refractivity contribution in [3.05, 3.63) is 72.1 Å². The molecule has 0 unspecified atom stereocenters. The summed E-state index contributed by atoms with van der Waals surface area (Å²) in [5, 5.41) is 21.7. The molecule has 2 aromatic carbocycles. The molecule has 5 aromatic rings. The smallest absolute Gasteiger partial charge is 0.164 e. The number of pyridine rings is 2. The van der Waals surface area contributed by atoms with Gasteiger partial charge in [0.1, 0.15) is 35.4 Å². The third-order valence-corrected chi connectivity index (χ3v) is 5.82. The quantitative estimate of drug-likeness (QED) is 0.357. The van der Waals surface area contributed by atoms with Gasteiger partial charge in [-0.25, -0.2) is 15.0 Å². The first-order chi connectivity index (χ1) is 16.6. The zero-order chi connectivity index (χ0) is 23.2. The van der Waals surface area contributed by atoms with E-state index in [2.05, 4.69) is 9.97 Å². The fourth-order valence-corrected chi connectivity index (χ4v) is 4.14. The van der Waals surface area contributed by atoms with Gasteiger partial charge in [-0.15, -0.1) is 0 Å². The number of hydrogen-bond donors (Lipinski definition) is 2. The monoisotopic (exact) mass is 472 g/mol. The predicted molar refractivity (Wildman–Crippen MR) is 127 cm³/mol. The molecule has 0 saturated heterocycles. The van der Waals surface area contributed by atoms with Crippen LogP contribution in [0.25, 0.3) is 39.4 Å².